The fourth-order valence-electron chi connectivity index (χ4n) is 2.11. The predicted molar refractivity (Wildman–Crippen MR) is 70.6 cm³/mol. The van der Waals surface area contributed by atoms with Crippen LogP contribution in [0.1, 0.15) is 34.5 Å². The van der Waals surface area contributed by atoms with Gasteiger partial charge in [-0.1, -0.05) is 30.3 Å². The minimum Gasteiger partial charge on any atom is -0.360 e. The largest absolute Gasteiger partial charge is 0.417 e. The zero-order chi connectivity index (χ0) is 15.6. The van der Waals surface area contributed by atoms with Crippen molar-refractivity contribution in [2.45, 2.75) is 25.9 Å². The van der Waals surface area contributed by atoms with Gasteiger partial charge < -0.3 is 4.52 Å². The number of Topliss-reactive ketones (excluding diaryl/α,β-unsaturated/α-hetero) is 1. The lowest BCUT2D eigenvalue weighted by atomic mass is 9.97. The van der Waals surface area contributed by atoms with Crippen LogP contribution in [0.15, 0.2) is 28.8 Å². The summed E-state index contributed by atoms with van der Waals surface area (Å²) in [6, 6.07) is 4.98. The molecule has 0 atom stereocenters. The van der Waals surface area contributed by atoms with E-state index in [0.717, 1.165) is 6.07 Å². The van der Waals surface area contributed by atoms with Crippen molar-refractivity contribution in [1.29, 1.82) is 0 Å². The normalized spacial score (nSPS) is 11.7. The van der Waals surface area contributed by atoms with E-state index in [-0.39, 0.29) is 34.8 Å². The summed E-state index contributed by atoms with van der Waals surface area (Å²) in [5, 5.41) is 3.65. The smallest absolute Gasteiger partial charge is 0.360 e. The van der Waals surface area contributed by atoms with E-state index in [1.165, 1.54) is 25.1 Å². The molecule has 0 spiro atoms. The summed E-state index contributed by atoms with van der Waals surface area (Å²) in [5.41, 5.74) is -0.981. The molecule has 1 aromatic carbocycles. The molecular weight excluding hydrogens is 283 g/mol. The molecular formula is C15H13F3NO2. The van der Waals surface area contributed by atoms with E-state index >= 15 is 0 Å². The summed E-state index contributed by atoms with van der Waals surface area (Å²) >= 11 is 0. The molecule has 1 heterocycles. The van der Waals surface area contributed by atoms with E-state index in [9.17, 15) is 18.0 Å². The van der Waals surface area contributed by atoms with Gasteiger partial charge in [0.1, 0.15) is 11.5 Å². The van der Waals surface area contributed by atoms with Crippen LogP contribution in [0.3, 0.4) is 0 Å². The summed E-state index contributed by atoms with van der Waals surface area (Å²) in [4.78, 5) is 12.1. The molecule has 0 fully saturated rings. The van der Waals surface area contributed by atoms with Crippen LogP contribution < -0.4 is 0 Å². The van der Waals surface area contributed by atoms with Crippen molar-refractivity contribution in [2.24, 2.45) is 0 Å². The maximum Gasteiger partial charge on any atom is 0.417 e. The van der Waals surface area contributed by atoms with Crippen molar-refractivity contribution in [3.8, 4) is 11.3 Å². The first-order valence-electron chi connectivity index (χ1n) is 6.31. The highest BCUT2D eigenvalue weighted by Crippen LogP contribution is 2.38. The van der Waals surface area contributed by atoms with Crippen molar-refractivity contribution in [2.75, 3.05) is 0 Å². The average Bonchev–Trinajstić information content (AvgIpc) is 2.80. The number of ketones is 1. The fraction of sp³-hybridized carbons (Fsp3) is 0.267. The molecule has 0 aliphatic carbocycles. The van der Waals surface area contributed by atoms with Gasteiger partial charge in [0.15, 0.2) is 5.78 Å². The Bertz CT molecular complexity index is 659. The van der Waals surface area contributed by atoms with Gasteiger partial charge in [-0.3, -0.25) is 4.79 Å². The Morgan fingerprint density at radius 1 is 1.33 bits per heavy atom. The van der Waals surface area contributed by atoms with Crippen LogP contribution >= 0.6 is 0 Å². The molecule has 3 nitrogen and oxygen atoms in total. The standard InChI is InChI=1S/C15H13F3NO2/c1-3-6-12(20)13-9(2)21-19-14(13)10-7-4-5-8-11(10)15(16,17)18/h4-5,7-8H,1,3,6H2,2H3. The lowest BCUT2D eigenvalue weighted by Gasteiger charge is -2.11. The molecule has 2 rings (SSSR count). The third kappa shape index (κ3) is 2.99. The second-order valence-electron chi connectivity index (χ2n) is 4.53. The molecule has 0 bridgehead atoms. The van der Waals surface area contributed by atoms with Crippen LogP contribution in [-0.2, 0) is 6.18 Å². The molecule has 21 heavy (non-hydrogen) atoms. The predicted octanol–water partition coefficient (Wildman–Crippen LogP) is 4.47. The number of aryl methyl sites for hydroxylation is 1. The third-order valence-electron chi connectivity index (χ3n) is 3.03. The van der Waals surface area contributed by atoms with Crippen LogP contribution in [0.4, 0.5) is 13.2 Å². The first-order valence-corrected chi connectivity index (χ1v) is 6.31. The molecule has 0 unspecified atom stereocenters. The first kappa shape index (κ1) is 15.3. The molecule has 111 valence electrons. The van der Waals surface area contributed by atoms with E-state index in [1.807, 2.05) is 0 Å². The number of alkyl halides is 3. The number of hydrogen-bond donors (Lipinski definition) is 0. The van der Waals surface area contributed by atoms with Crippen LogP contribution in [0.2, 0.25) is 0 Å². The Morgan fingerprint density at radius 3 is 2.62 bits per heavy atom. The maximum absolute atomic E-state index is 13.1. The van der Waals surface area contributed by atoms with Gasteiger partial charge in [0, 0.05) is 12.0 Å². The van der Waals surface area contributed by atoms with Gasteiger partial charge in [-0.25, -0.2) is 0 Å². The van der Waals surface area contributed by atoms with Crippen molar-refractivity contribution in [3.63, 3.8) is 0 Å². The van der Waals surface area contributed by atoms with E-state index in [2.05, 4.69) is 12.1 Å². The molecule has 2 aromatic rings. The quantitative estimate of drug-likeness (QED) is 0.782. The lowest BCUT2D eigenvalue weighted by Crippen LogP contribution is -2.09. The second kappa shape index (κ2) is 5.71. The number of rotatable bonds is 4. The summed E-state index contributed by atoms with van der Waals surface area (Å²) in [6.07, 6.45) is -4.05. The Balaban J connectivity index is 2.62. The molecule has 0 amide bonds. The highest BCUT2D eigenvalue weighted by molar-refractivity contribution is 6.02. The number of nitrogens with zero attached hydrogens (tertiary/aromatic N) is 1. The topological polar surface area (TPSA) is 43.1 Å². The monoisotopic (exact) mass is 296 g/mol. The maximum atomic E-state index is 13.1. The summed E-state index contributed by atoms with van der Waals surface area (Å²) < 4.78 is 44.1. The highest BCUT2D eigenvalue weighted by Gasteiger charge is 2.35. The number of hydrogen-bond acceptors (Lipinski definition) is 3. The van der Waals surface area contributed by atoms with Gasteiger partial charge in [0.2, 0.25) is 0 Å². The number of aromatic nitrogens is 1. The van der Waals surface area contributed by atoms with Gasteiger partial charge in [-0.05, 0) is 19.4 Å². The Labute approximate surface area is 119 Å². The van der Waals surface area contributed by atoms with Crippen LogP contribution in [0, 0.1) is 13.8 Å². The minimum absolute atomic E-state index is 0.0705. The van der Waals surface area contributed by atoms with E-state index in [4.69, 9.17) is 4.52 Å². The van der Waals surface area contributed by atoms with Crippen LogP contribution in [-0.4, -0.2) is 10.9 Å². The van der Waals surface area contributed by atoms with Crippen LogP contribution in [0.5, 0.6) is 0 Å². The lowest BCUT2D eigenvalue weighted by molar-refractivity contribution is -0.137. The van der Waals surface area contributed by atoms with Gasteiger partial charge in [-0.15, -0.1) is 0 Å². The number of benzene rings is 1. The Morgan fingerprint density at radius 2 is 2.00 bits per heavy atom. The first-order chi connectivity index (χ1) is 9.86. The van der Waals surface area contributed by atoms with Crippen LogP contribution in [0.25, 0.3) is 11.3 Å². The van der Waals surface area contributed by atoms with E-state index in [0.29, 0.717) is 6.42 Å². The second-order valence-corrected chi connectivity index (χ2v) is 4.53. The minimum atomic E-state index is -4.53. The number of carbonyl (C=O) groups is 1. The number of halogens is 3. The zero-order valence-electron chi connectivity index (χ0n) is 11.3. The summed E-state index contributed by atoms with van der Waals surface area (Å²) in [6.45, 7) is 5.08. The number of carbonyl (C=O) groups excluding carboxylic acids is 1. The van der Waals surface area contributed by atoms with Gasteiger partial charge in [0.25, 0.3) is 0 Å². The van der Waals surface area contributed by atoms with E-state index in [1.54, 1.807) is 0 Å². The van der Waals surface area contributed by atoms with Crippen molar-refractivity contribution >= 4 is 5.78 Å². The molecule has 0 saturated carbocycles. The fourth-order valence-corrected chi connectivity index (χ4v) is 2.11. The zero-order valence-corrected chi connectivity index (χ0v) is 11.3. The summed E-state index contributed by atoms with van der Waals surface area (Å²) in [7, 11) is 0. The van der Waals surface area contributed by atoms with Gasteiger partial charge in [0.05, 0.1) is 11.1 Å². The third-order valence-corrected chi connectivity index (χ3v) is 3.03. The van der Waals surface area contributed by atoms with Crippen molar-refractivity contribution in [1.82, 2.24) is 5.16 Å². The Hall–Kier alpha value is -2.11. The molecule has 0 aliphatic heterocycles. The SMILES string of the molecule is [CH2]CCC(=O)c1c(-c2ccccc2C(F)(F)F)noc1C. The molecule has 6 heteroatoms. The van der Waals surface area contributed by atoms with Gasteiger partial charge >= 0.3 is 6.18 Å². The highest BCUT2D eigenvalue weighted by atomic mass is 19.4. The molecule has 1 radical (unpaired) electrons. The Kier molecular flexibility index (Phi) is 4.16. The van der Waals surface area contributed by atoms with Crippen molar-refractivity contribution in [3.05, 3.63) is 48.1 Å². The summed E-state index contributed by atoms with van der Waals surface area (Å²) in [5.74, 6) is -0.115. The van der Waals surface area contributed by atoms with Gasteiger partial charge in [-0.2, -0.15) is 13.2 Å². The molecule has 1 aromatic heterocycles. The molecule has 0 N–H and O–H groups in total. The average molecular weight is 296 g/mol. The molecule has 0 aliphatic rings. The van der Waals surface area contributed by atoms with E-state index < -0.39 is 11.7 Å². The molecule has 0 saturated heterocycles. The van der Waals surface area contributed by atoms with Crippen molar-refractivity contribution < 1.29 is 22.5 Å².